The highest BCUT2D eigenvalue weighted by atomic mass is 32.1. The van der Waals surface area contributed by atoms with Gasteiger partial charge in [-0.15, -0.1) is 0 Å². The van der Waals surface area contributed by atoms with Crippen molar-refractivity contribution in [3.05, 3.63) is 96.1 Å². The minimum Gasteiger partial charge on any atom is -0.353 e. The number of rotatable bonds is 8. The molecular formula is C31H32N4O2S. The number of likely N-dealkylation sites (tertiary alicyclic amines) is 1. The zero-order chi connectivity index (χ0) is 26.0. The molecule has 0 aliphatic carbocycles. The molecule has 2 saturated heterocycles. The maximum absolute atomic E-state index is 13.9. The molecule has 2 fully saturated rings. The molecule has 194 valence electrons. The molecule has 7 heteroatoms. The monoisotopic (exact) mass is 524 g/mol. The van der Waals surface area contributed by atoms with Crippen LogP contribution in [0, 0.1) is 0 Å². The maximum Gasteiger partial charge on any atom is 0.244 e. The molecule has 2 aliphatic rings. The fourth-order valence-electron chi connectivity index (χ4n) is 5.92. The third-order valence-corrected chi connectivity index (χ3v) is 8.81. The van der Waals surface area contributed by atoms with Crippen LogP contribution in [-0.2, 0) is 15.0 Å². The molecule has 0 unspecified atom stereocenters. The van der Waals surface area contributed by atoms with Gasteiger partial charge in [0.2, 0.25) is 11.8 Å². The molecule has 3 heterocycles. The van der Waals surface area contributed by atoms with Crippen molar-refractivity contribution < 1.29 is 9.59 Å². The Morgan fingerprint density at radius 2 is 1.34 bits per heavy atom. The number of carbonyl (C=O) groups excluding carboxylic acids is 2. The maximum atomic E-state index is 13.9. The van der Waals surface area contributed by atoms with Crippen LogP contribution < -0.4 is 4.90 Å². The van der Waals surface area contributed by atoms with Crippen LogP contribution in [0.25, 0.3) is 10.1 Å². The van der Waals surface area contributed by atoms with Crippen LogP contribution in [0.15, 0.2) is 84.9 Å². The van der Waals surface area contributed by atoms with Gasteiger partial charge in [0.25, 0.3) is 0 Å². The average Bonchev–Trinajstić information content (AvgIpc) is 3.51. The van der Waals surface area contributed by atoms with E-state index in [4.69, 9.17) is 4.37 Å². The number of aromatic nitrogens is 1. The van der Waals surface area contributed by atoms with Crippen LogP contribution in [0.4, 0.5) is 5.82 Å². The summed E-state index contributed by atoms with van der Waals surface area (Å²) < 4.78 is 5.95. The summed E-state index contributed by atoms with van der Waals surface area (Å²) in [5, 5.41) is 1.24. The molecule has 3 aromatic carbocycles. The summed E-state index contributed by atoms with van der Waals surface area (Å²) in [6.45, 7) is 5.38. The first-order chi connectivity index (χ1) is 18.7. The topological polar surface area (TPSA) is 56.8 Å². The first-order valence-corrected chi connectivity index (χ1v) is 14.2. The second kappa shape index (κ2) is 10.7. The van der Waals surface area contributed by atoms with E-state index in [0.29, 0.717) is 6.54 Å². The van der Waals surface area contributed by atoms with Gasteiger partial charge >= 0.3 is 0 Å². The van der Waals surface area contributed by atoms with Crippen molar-refractivity contribution in [1.29, 1.82) is 0 Å². The van der Waals surface area contributed by atoms with Crippen LogP contribution >= 0.6 is 11.5 Å². The average molecular weight is 525 g/mol. The number of piperazine rings is 1. The van der Waals surface area contributed by atoms with Gasteiger partial charge in [-0.25, -0.2) is 0 Å². The van der Waals surface area contributed by atoms with Crippen molar-refractivity contribution in [1.82, 2.24) is 14.2 Å². The van der Waals surface area contributed by atoms with Gasteiger partial charge in [-0.3, -0.25) is 19.4 Å². The lowest BCUT2D eigenvalue weighted by atomic mass is 9.73. The van der Waals surface area contributed by atoms with Crippen molar-refractivity contribution in [3.8, 4) is 0 Å². The van der Waals surface area contributed by atoms with Gasteiger partial charge in [0.1, 0.15) is 11.2 Å². The molecule has 1 aromatic heterocycles. The number of hydrogen-bond donors (Lipinski definition) is 0. The molecule has 0 bridgehead atoms. The summed E-state index contributed by atoms with van der Waals surface area (Å²) in [6, 6.07) is 28.0. The summed E-state index contributed by atoms with van der Waals surface area (Å²) in [6.07, 6.45) is 1.96. The molecule has 0 N–H and O–H groups in total. The molecule has 0 radical (unpaired) electrons. The summed E-state index contributed by atoms with van der Waals surface area (Å²) >= 11 is 1.57. The van der Waals surface area contributed by atoms with Crippen molar-refractivity contribution in [2.45, 2.75) is 24.7 Å². The van der Waals surface area contributed by atoms with E-state index >= 15 is 0 Å². The van der Waals surface area contributed by atoms with E-state index in [1.54, 1.807) is 11.5 Å². The van der Waals surface area contributed by atoms with Crippen molar-refractivity contribution in [2.24, 2.45) is 0 Å². The number of nitrogens with zero attached hydrogens (tertiary/aromatic N) is 4. The predicted molar refractivity (Wildman–Crippen MR) is 153 cm³/mol. The van der Waals surface area contributed by atoms with Gasteiger partial charge < -0.3 is 4.90 Å². The van der Waals surface area contributed by atoms with Crippen LogP contribution in [0.3, 0.4) is 0 Å². The fourth-order valence-corrected chi connectivity index (χ4v) is 6.72. The van der Waals surface area contributed by atoms with Crippen LogP contribution in [0.1, 0.15) is 30.4 Å². The van der Waals surface area contributed by atoms with E-state index in [9.17, 15) is 9.59 Å². The second-order valence-electron chi connectivity index (χ2n) is 10.2. The highest BCUT2D eigenvalue weighted by Gasteiger charge is 2.53. The molecule has 0 atom stereocenters. The summed E-state index contributed by atoms with van der Waals surface area (Å²) in [5.41, 5.74) is 0.839. The van der Waals surface area contributed by atoms with Crippen molar-refractivity contribution in [2.75, 3.05) is 44.2 Å². The number of unbranched alkanes of at least 4 members (excludes halogenated alkanes) is 1. The molecule has 4 aromatic rings. The number of anilines is 1. The van der Waals surface area contributed by atoms with E-state index < -0.39 is 5.41 Å². The zero-order valence-corrected chi connectivity index (χ0v) is 22.3. The van der Waals surface area contributed by atoms with Gasteiger partial charge in [-0.2, -0.15) is 4.37 Å². The predicted octanol–water partition coefficient (Wildman–Crippen LogP) is 4.94. The standard InChI is InChI=1S/C31H32N4O2S/c36-28-23-31(24-11-3-1-4-12-24,25-13-5-2-6-14-25)30(37)35(28)18-10-9-17-33-19-21-34(22-20-33)29-26-15-7-8-16-27(26)38-32-29/h1-8,11-16H,9-10,17-23H2. The van der Waals surface area contributed by atoms with Crippen molar-refractivity contribution >= 4 is 39.3 Å². The highest BCUT2D eigenvalue weighted by Crippen LogP contribution is 2.42. The molecule has 6 rings (SSSR count). The molecule has 0 saturated carbocycles. The molecular weight excluding hydrogens is 492 g/mol. The first-order valence-electron chi connectivity index (χ1n) is 13.4. The van der Waals surface area contributed by atoms with E-state index in [1.165, 1.54) is 15.0 Å². The lowest BCUT2D eigenvalue weighted by molar-refractivity contribution is -0.139. The van der Waals surface area contributed by atoms with Crippen molar-refractivity contribution in [3.63, 3.8) is 0 Å². The van der Waals surface area contributed by atoms with Gasteiger partial charge in [0.05, 0.1) is 4.70 Å². The van der Waals surface area contributed by atoms with Crippen LogP contribution in [0.5, 0.6) is 0 Å². The highest BCUT2D eigenvalue weighted by molar-refractivity contribution is 7.13. The molecule has 6 nitrogen and oxygen atoms in total. The SMILES string of the molecule is O=C1CC(c2ccccc2)(c2ccccc2)C(=O)N1CCCCN1CCN(c2nsc3ccccc23)CC1. The van der Waals surface area contributed by atoms with Gasteiger partial charge in [-0.1, -0.05) is 72.8 Å². The smallest absolute Gasteiger partial charge is 0.244 e. The number of benzene rings is 3. The summed E-state index contributed by atoms with van der Waals surface area (Å²) in [5.74, 6) is 0.937. The normalized spacial score (nSPS) is 18.0. The van der Waals surface area contributed by atoms with E-state index in [0.717, 1.165) is 62.5 Å². The summed E-state index contributed by atoms with van der Waals surface area (Å²) in [4.78, 5) is 33.4. The number of amides is 2. The molecule has 0 spiro atoms. The second-order valence-corrected chi connectivity index (χ2v) is 11.0. The Morgan fingerprint density at radius 1 is 0.737 bits per heavy atom. The summed E-state index contributed by atoms with van der Waals surface area (Å²) in [7, 11) is 0. The molecule has 38 heavy (non-hydrogen) atoms. The number of hydrogen-bond acceptors (Lipinski definition) is 6. The van der Waals surface area contributed by atoms with Crippen LogP contribution in [-0.4, -0.2) is 65.3 Å². The van der Waals surface area contributed by atoms with E-state index in [2.05, 4.69) is 34.1 Å². The third-order valence-electron chi connectivity index (χ3n) is 8.00. The Kier molecular flexibility index (Phi) is 6.96. The van der Waals surface area contributed by atoms with Gasteiger partial charge in [0, 0.05) is 44.5 Å². The van der Waals surface area contributed by atoms with Crippen LogP contribution in [0.2, 0.25) is 0 Å². The minimum absolute atomic E-state index is 0.0770. The lowest BCUT2D eigenvalue weighted by Crippen LogP contribution is -2.47. The number of carbonyl (C=O) groups is 2. The van der Waals surface area contributed by atoms with E-state index in [-0.39, 0.29) is 18.2 Å². The quantitative estimate of drug-likeness (QED) is 0.241. The number of imide groups is 1. The molecule has 2 aliphatic heterocycles. The Balaban J connectivity index is 1.05. The first kappa shape index (κ1) is 24.8. The minimum atomic E-state index is -0.935. The molecule has 2 amide bonds. The lowest BCUT2D eigenvalue weighted by Gasteiger charge is -2.35. The van der Waals surface area contributed by atoms with E-state index in [1.807, 2.05) is 60.7 Å². The van der Waals surface area contributed by atoms with Gasteiger partial charge in [0.15, 0.2) is 0 Å². The Morgan fingerprint density at radius 3 is 2.03 bits per heavy atom. The fraction of sp³-hybridized carbons (Fsp3) is 0.323. The number of fused-ring (bicyclic) bond motifs is 1. The third kappa shape index (κ3) is 4.50. The Labute approximate surface area is 227 Å². The Hall–Kier alpha value is -3.55. The van der Waals surface area contributed by atoms with Gasteiger partial charge in [-0.05, 0) is 54.2 Å². The Bertz CT molecular complexity index is 1370. The zero-order valence-electron chi connectivity index (χ0n) is 21.5. The largest absolute Gasteiger partial charge is 0.353 e.